The normalized spacial score (nSPS) is 10.9. The van der Waals surface area contributed by atoms with Crippen molar-refractivity contribution in [2.45, 2.75) is 26.4 Å². The van der Waals surface area contributed by atoms with Gasteiger partial charge < -0.3 is 15.4 Å². The van der Waals surface area contributed by atoms with Gasteiger partial charge in [0.25, 0.3) is 0 Å². The average Bonchev–Trinajstić information content (AvgIpc) is 3.17. The van der Waals surface area contributed by atoms with Crippen LogP contribution in [-0.2, 0) is 19.5 Å². The monoisotopic (exact) mass is 527 g/mol. The lowest BCUT2D eigenvalue weighted by Gasteiger charge is -2.13. The summed E-state index contributed by atoms with van der Waals surface area (Å²) < 4.78 is 19.1. The van der Waals surface area contributed by atoms with E-state index in [1.54, 1.807) is 36.7 Å². The first-order chi connectivity index (χ1) is 13.7. The fourth-order valence-corrected chi connectivity index (χ4v) is 3.25. The number of halogens is 2. The van der Waals surface area contributed by atoms with Crippen LogP contribution in [0.15, 0.2) is 53.8 Å². The Kier molecular flexibility index (Phi) is 9.26. The highest BCUT2D eigenvalue weighted by atomic mass is 127. The van der Waals surface area contributed by atoms with Crippen molar-refractivity contribution in [1.82, 2.24) is 20.6 Å². The molecule has 154 valence electrons. The number of aromatic nitrogens is 2. The molecular weight excluding hydrogens is 504 g/mol. The van der Waals surface area contributed by atoms with Crippen molar-refractivity contribution >= 4 is 41.3 Å². The molecule has 2 heterocycles. The molecule has 0 spiro atoms. The van der Waals surface area contributed by atoms with Crippen molar-refractivity contribution in [2.75, 3.05) is 7.05 Å². The molecule has 0 fully saturated rings. The summed E-state index contributed by atoms with van der Waals surface area (Å²) in [6, 6.07) is 9.71. The minimum atomic E-state index is -0.355. The second kappa shape index (κ2) is 11.7. The first-order valence-electron chi connectivity index (χ1n) is 8.93. The van der Waals surface area contributed by atoms with E-state index in [9.17, 15) is 4.39 Å². The predicted molar refractivity (Wildman–Crippen MR) is 125 cm³/mol. The molecule has 0 aliphatic heterocycles. The summed E-state index contributed by atoms with van der Waals surface area (Å²) in [6.45, 7) is 3.17. The van der Waals surface area contributed by atoms with Crippen LogP contribution in [0.3, 0.4) is 0 Å². The van der Waals surface area contributed by atoms with Crippen LogP contribution in [0.5, 0.6) is 11.6 Å². The Morgan fingerprint density at radius 2 is 2.00 bits per heavy atom. The Morgan fingerprint density at radius 3 is 2.72 bits per heavy atom. The second-order valence-electron chi connectivity index (χ2n) is 5.88. The minimum absolute atomic E-state index is 0. The lowest BCUT2D eigenvalue weighted by atomic mass is 10.2. The van der Waals surface area contributed by atoms with E-state index in [-0.39, 0.29) is 29.8 Å². The van der Waals surface area contributed by atoms with Gasteiger partial charge in [-0.05, 0) is 24.6 Å². The SMILES string of the molecule is CCc1cnc(CNC(=NC)NCc2cccnc2Oc2cccc(F)c2)s1.I. The van der Waals surface area contributed by atoms with E-state index >= 15 is 0 Å². The summed E-state index contributed by atoms with van der Waals surface area (Å²) in [7, 11) is 1.71. The van der Waals surface area contributed by atoms with Crippen LogP contribution in [0.25, 0.3) is 0 Å². The molecule has 29 heavy (non-hydrogen) atoms. The molecule has 0 atom stereocenters. The standard InChI is InChI=1S/C20H22FN5OS.HI/c1-3-17-12-24-18(28-17)13-26-20(22-2)25-11-14-6-5-9-23-19(14)27-16-8-4-7-15(21)10-16;/h4-10,12H,3,11,13H2,1-2H3,(H2,22,25,26);1H. The molecule has 0 amide bonds. The van der Waals surface area contributed by atoms with Gasteiger partial charge >= 0.3 is 0 Å². The fourth-order valence-electron chi connectivity index (χ4n) is 2.44. The van der Waals surface area contributed by atoms with Crippen molar-refractivity contribution < 1.29 is 9.13 Å². The van der Waals surface area contributed by atoms with Crippen LogP contribution >= 0.6 is 35.3 Å². The predicted octanol–water partition coefficient (Wildman–Crippen LogP) is 4.52. The van der Waals surface area contributed by atoms with Crippen molar-refractivity contribution in [3.63, 3.8) is 0 Å². The van der Waals surface area contributed by atoms with Crippen molar-refractivity contribution in [3.05, 3.63) is 70.1 Å². The summed E-state index contributed by atoms with van der Waals surface area (Å²) in [5, 5.41) is 7.49. The molecule has 3 aromatic rings. The Balaban J connectivity index is 0.00000300. The number of pyridine rings is 1. The van der Waals surface area contributed by atoms with E-state index in [2.05, 4.69) is 32.5 Å². The smallest absolute Gasteiger partial charge is 0.224 e. The molecule has 2 N–H and O–H groups in total. The van der Waals surface area contributed by atoms with E-state index in [0.717, 1.165) is 17.0 Å². The third-order valence-corrected chi connectivity index (χ3v) is 5.03. The van der Waals surface area contributed by atoms with Crippen LogP contribution in [-0.4, -0.2) is 23.0 Å². The van der Waals surface area contributed by atoms with Gasteiger partial charge in [0.05, 0.1) is 6.54 Å². The number of guanidine groups is 1. The van der Waals surface area contributed by atoms with Gasteiger partial charge in [0.2, 0.25) is 5.88 Å². The first-order valence-corrected chi connectivity index (χ1v) is 9.75. The van der Waals surface area contributed by atoms with E-state index in [0.29, 0.717) is 30.7 Å². The quantitative estimate of drug-likeness (QED) is 0.269. The van der Waals surface area contributed by atoms with Gasteiger partial charge in [0, 0.05) is 42.5 Å². The maximum absolute atomic E-state index is 13.4. The van der Waals surface area contributed by atoms with Crippen LogP contribution < -0.4 is 15.4 Å². The average molecular weight is 527 g/mol. The largest absolute Gasteiger partial charge is 0.439 e. The number of nitrogens with zero attached hydrogens (tertiary/aromatic N) is 3. The molecule has 3 rings (SSSR count). The maximum atomic E-state index is 13.4. The molecule has 2 aromatic heterocycles. The number of rotatable bonds is 7. The zero-order chi connectivity index (χ0) is 19.8. The van der Waals surface area contributed by atoms with Crippen molar-refractivity contribution in [2.24, 2.45) is 4.99 Å². The van der Waals surface area contributed by atoms with Gasteiger partial charge in [-0.15, -0.1) is 35.3 Å². The fraction of sp³-hybridized carbons (Fsp3) is 0.250. The first kappa shape index (κ1) is 23.0. The minimum Gasteiger partial charge on any atom is -0.439 e. The van der Waals surface area contributed by atoms with Gasteiger partial charge in [0.1, 0.15) is 16.6 Å². The highest BCUT2D eigenvalue weighted by molar-refractivity contribution is 14.0. The molecule has 0 aliphatic carbocycles. The molecule has 0 unspecified atom stereocenters. The second-order valence-corrected chi connectivity index (χ2v) is 7.08. The third-order valence-electron chi connectivity index (χ3n) is 3.89. The number of thiazole rings is 1. The van der Waals surface area contributed by atoms with Gasteiger partial charge in [0.15, 0.2) is 5.96 Å². The number of nitrogens with one attached hydrogen (secondary N) is 2. The van der Waals surface area contributed by atoms with Crippen LogP contribution in [0.1, 0.15) is 22.4 Å². The van der Waals surface area contributed by atoms with Gasteiger partial charge in [-0.25, -0.2) is 14.4 Å². The number of benzene rings is 1. The van der Waals surface area contributed by atoms with Gasteiger partial charge in [-0.1, -0.05) is 19.1 Å². The molecule has 0 bridgehead atoms. The highest BCUT2D eigenvalue weighted by Crippen LogP contribution is 2.23. The molecule has 1 aromatic carbocycles. The highest BCUT2D eigenvalue weighted by Gasteiger charge is 2.08. The number of hydrogen-bond acceptors (Lipinski definition) is 5. The topological polar surface area (TPSA) is 71.4 Å². The Bertz CT molecular complexity index is 950. The Labute approximate surface area is 190 Å². The van der Waals surface area contributed by atoms with E-state index in [4.69, 9.17) is 4.74 Å². The molecular formula is C20H23FIN5OS. The summed E-state index contributed by atoms with van der Waals surface area (Å²) in [5.41, 5.74) is 0.831. The molecule has 0 radical (unpaired) electrons. The lowest BCUT2D eigenvalue weighted by molar-refractivity contribution is 0.450. The number of aliphatic imine (C=N–C) groups is 1. The maximum Gasteiger partial charge on any atom is 0.224 e. The summed E-state index contributed by atoms with van der Waals surface area (Å²) in [4.78, 5) is 14.1. The number of aryl methyl sites for hydroxylation is 1. The van der Waals surface area contributed by atoms with E-state index in [1.807, 2.05) is 18.3 Å². The van der Waals surface area contributed by atoms with E-state index in [1.165, 1.54) is 17.0 Å². The Morgan fingerprint density at radius 1 is 1.17 bits per heavy atom. The lowest BCUT2D eigenvalue weighted by Crippen LogP contribution is -2.36. The van der Waals surface area contributed by atoms with Gasteiger partial charge in [-0.3, -0.25) is 4.99 Å². The molecule has 0 aliphatic rings. The van der Waals surface area contributed by atoms with Crippen LogP contribution in [0.4, 0.5) is 4.39 Å². The van der Waals surface area contributed by atoms with E-state index < -0.39 is 0 Å². The molecule has 0 saturated heterocycles. The van der Waals surface area contributed by atoms with Crippen molar-refractivity contribution in [3.8, 4) is 11.6 Å². The molecule has 0 saturated carbocycles. The van der Waals surface area contributed by atoms with Crippen LogP contribution in [0.2, 0.25) is 0 Å². The zero-order valence-corrected chi connectivity index (χ0v) is 19.3. The number of ether oxygens (including phenoxy) is 1. The zero-order valence-electron chi connectivity index (χ0n) is 16.2. The van der Waals surface area contributed by atoms with Crippen molar-refractivity contribution in [1.29, 1.82) is 0 Å². The third kappa shape index (κ3) is 6.93. The van der Waals surface area contributed by atoms with Crippen LogP contribution in [0, 0.1) is 5.82 Å². The number of hydrogen-bond donors (Lipinski definition) is 2. The summed E-state index contributed by atoms with van der Waals surface area (Å²) in [5.74, 6) is 1.11. The Hall–Kier alpha value is -2.27. The van der Waals surface area contributed by atoms with Gasteiger partial charge in [-0.2, -0.15) is 0 Å². The summed E-state index contributed by atoms with van der Waals surface area (Å²) in [6.07, 6.45) is 4.53. The molecule has 9 heteroatoms. The molecule has 6 nitrogen and oxygen atoms in total. The summed E-state index contributed by atoms with van der Waals surface area (Å²) >= 11 is 1.69.